The Kier molecular flexibility index (Phi) is 6.88. The highest BCUT2D eigenvalue weighted by molar-refractivity contribution is 6.35. The zero-order valence-corrected chi connectivity index (χ0v) is 19.5. The van der Waals surface area contributed by atoms with Gasteiger partial charge in [0.1, 0.15) is 17.2 Å². The van der Waals surface area contributed by atoms with Crippen molar-refractivity contribution in [1.82, 2.24) is 14.9 Å². The summed E-state index contributed by atoms with van der Waals surface area (Å²) in [6.45, 7) is 9.29. The Morgan fingerprint density at radius 1 is 1.22 bits per heavy atom. The first kappa shape index (κ1) is 23.7. The smallest absolute Gasteiger partial charge is 0.408 e. The number of hydrogen-bond donors (Lipinski definition) is 1. The van der Waals surface area contributed by atoms with E-state index in [9.17, 15) is 14.0 Å². The molecule has 0 radical (unpaired) electrons. The molecule has 1 aromatic heterocycles. The molecule has 2 aromatic carbocycles. The summed E-state index contributed by atoms with van der Waals surface area (Å²) in [5.74, 6) is -0.0714. The van der Waals surface area contributed by atoms with E-state index in [1.54, 1.807) is 45.0 Å². The lowest BCUT2D eigenvalue weighted by atomic mass is 10.0. The Labute approximate surface area is 191 Å². The van der Waals surface area contributed by atoms with E-state index in [0.717, 1.165) is 0 Å². The van der Waals surface area contributed by atoms with Gasteiger partial charge in [-0.15, -0.1) is 0 Å². The van der Waals surface area contributed by atoms with Crippen molar-refractivity contribution in [3.63, 3.8) is 0 Å². The van der Waals surface area contributed by atoms with Crippen LogP contribution in [0.1, 0.15) is 52.9 Å². The molecule has 6 nitrogen and oxygen atoms in total. The third kappa shape index (κ3) is 5.46. The number of nitrogens with one attached hydrogen (secondary N) is 1. The first-order chi connectivity index (χ1) is 15.0. The maximum atomic E-state index is 14.1. The molecular formula is C24H27ClFN3O3. The standard InChI is InChI=1S/C24H27ClFN3O3/c1-14(2)12-19(28-23(31)32-24(3,4)5)21-27-18-11-7-10-17(25)20(18)22(30)29(21)16-9-6-8-15(26)13-16/h6-11,13-14,19H,12H2,1-5H3,(H,28,31)/t19-/m0/s1. The van der Waals surface area contributed by atoms with Crippen molar-refractivity contribution >= 4 is 28.6 Å². The largest absolute Gasteiger partial charge is 0.444 e. The average Bonchev–Trinajstić information content (AvgIpc) is 2.65. The zero-order valence-electron chi connectivity index (χ0n) is 18.8. The highest BCUT2D eigenvalue weighted by Crippen LogP contribution is 2.26. The summed E-state index contributed by atoms with van der Waals surface area (Å²) in [5.41, 5.74) is -0.455. The summed E-state index contributed by atoms with van der Waals surface area (Å²) in [6, 6.07) is 9.98. The number of amides is 1. The van der Waals surface area contributed by atoms with Crippen LogP contribution in [0.4, 0.5) is 9.18 Å². The highest BCUT2D eigenvalue weighted by atomic mass is 35.5. The van der Waals surface area contributed by atoms with Crippen molar-refractivity contribution in [2.45, 2.75) is 52.7 Å². The summed E-state index contributed by atoms with van der Waals surface area (Å²) in [5, 5.41) is 3.31. The lowest BCUT2D eigenvalue weighted by Gasteiger charge is -2.26. The third-order valence-electron chi connectivity index (χ3n) is 4.65. The predicted molar refractivity (Wildman–Crippen MR) is 124 cm³/mol. The maximum Gasteiger partial charge on any atom is 0.408 e. The van der Waals surface area contributed by atoms with Gasteiger partial charge in [-0.2, -0.15) is 0 Å². The molecule has 1 N–H and O–H groups in total. The molecule has 0 unspecified atom stereocenters. The van der Waals surface area contributed by atoms with Gasteiger partial charge < -0.3 is 10.1 Å². The number of aromatic nitrogens is 2. The van der Waals surface area contributed by atoms with Gasteiger partial charge >= 0.3 is 6.09 Å². The molecule has 0 aliphatic carbocycles. The second-order valence-corrected chi connectivity index (χ2v) is 9.46. The van der Waals surface area contributed by atoms with Gasteiger partial charge in [-0.1, -0.05) is 37.6 Å². The number of alkyl carbamates (subject to hydrolysis) is 1. The van der Waals surface area contributed by atoms with Gasteiger partial charge in [-0.25, -0.2) is 14.2 Å². The van der Waals surface area contributed by atoms with Gasteiger partial charge in [0.15, 0.2) is 0 Å². The monoisotopic (exact) mass is 459 g/mol. The second kappa shape index (κ2) is 9.28. The zero-order chi connectivity index (χ0) is 23.6. The summed E-state index contributed by atoms with van der Waals surface area (Å²) in [7, 11) is 0. The van der Waals surface area contributed by atoms with E-state index in [-0.39, 0.29) is 22.2 Å². The molecule has 0 bridgehead atoms. The quantitative estimate of drug-likeness (QED) is 0.524. The number of carbonyl (C=O) groups is 1. The van der Waals surface area contributed by atoms with Gasteiger partial charge in [0.05, 0.1) is 27.7 Å². The molecule has 0 spiro atoms. The molecule has 3 aromatic rings. The fraction of sp³-hybridized carbons (Fsp3) is 0.375. The van der Waals surface area contributed by atoms with Crippen LogP contribution in [0.3, 0.4) is 0 Å². The Balaban J connectivity index is 2.26. The van der Waals surface area contributed by atoms with E-state index in [0.29, 0.717) is 17.6 Å². The van der Waals surface area contributed by atoms with Crippen molar-refractivity contribution in [2.24, 2.45) is 5.92 Å². The van der Waals surface area contributed by atoms with Crippen LogP contribution in [0.25, 0.3) is 16.6 Å². The number of carbonyl (C=O) groups excluding carboxylic acids is 1. The molecule has 0 fully saturated rings. The average molecular weight is 460 g/mol. The van der Waals surface area contributed by atoms with Crippen molar-refractivity contribution in [2.75, 3.05) is 0 Å². The predicted octanol–water partition coefficient (Wildman–Crippen LogP) is 5.79. The van der Waals surface area contributed by atoms with Gasteiger partial charge in [-0.05, 0) is 63.4 Å². The Morgan fingerprint density at radius 3 is 2.53 bits per heavy atom. The molecule has 3 rings (SSSR count). The maximum absolute atomic E-state index is 14.1. The Morgan fingerprint density at radius 2 is 1.91 bits per heavy atom. The van der Waals surface area contributed by atoms with E-state index < -0.39 is 29.1 Å². The SMILES string of the molecule is CC(C)C[C@H](NC(=O)OC(C)(C)C)c1nc2cccc(Cl)c2c(=O)n1-c1cccc(F)c1. The van der Waals surface area contributed by atoms with E-state index >= 15 is 0 Å². The minimum Gasteiger partial charge on any atom is -0.444 e. The lowest BCUT2D eigenvalue weighted by molar-refractivity contribution is 0.0494. The molecule has 8 heteroatoms. The first-order valence-electron chi connectivity index (χ1n) is 10.4. The van der Waals surface area contributed by atoms with Gasteiger partial charge in [0.25, 0.3) is 5.56 Å². The molecule has 0 saturated heterocycles. The minimum absolute atomic E-state index is 0.155. The molecular weight excluding hydrogens is 433 g/mol. The fourth-order valence-corrected chi connectivity index (χ4v) is 3.71. The van der Waals surface area contributed by atoms with E-state index in [4.69, 9.17) is 21.3 Å². The lowest BCUT2D eigenvalue weighted by Crippen LogP contribution is -2.38. The van der Waals surface area contributed by atoms with Crippen molar-refractivity contribution in [3.8, 4) is 5.69 Å². The van der Waals surface area contributed by atoms with Gasteiger partial charge in [-0.3, -0.25) is 9.36 Å². The molecule has 0 saturated carbocycles. The number of rotatable bonds is 5. The summed E-state index contributed by atoms with van der Waals surface area (Å²) in [4.78, 5) is 30.8. The van der Waals surface area contributed by atoms with Crippen LogP contribution >= 0.6 is 11.6 Å². The topological polar surface area (TPSA) is 73.2 Å². The molecule has 1 amide bonds. The number of benzene rings is 2. The van der Waals surface area contributed by atoms with Crippen LogP contribution in [0.5, 0.6) is 0 Å². The van der Waals surface area contributed by atoms with Crippen molar-refractivity contribution in [1.29, 1.82) is 0 Å². The van der Waals surface area contributed by atoms with E-state index in [1.165, 1.54) is 22.8 Å². The molecule has 170 valence electrons. The van der Waals surface area contributed by atoms with Gasteiger partial charge in [0.2, 0.25) is 0 Å². The Hall–Kier alpha value is -2.93. The van der Waals surface area contributed by atoms with Crippen LogP contribution in [0.15, 0.2) is 47.3 Å². The number of ether oxygens (including phenoxy) is 1. The summed E-state index contributed by atoms with van der Waals surface area (Å²) in [6.07, 6.45) is -0.151. The molecule has 1 atom stereocenters. The van der Waals surface area contributed by atoms with Crippen LogP contribution in [0.2, 0.25) is 5.02 Å². The van der Waals surface area contributed by atoms with Crippen LogP contribution < -0.4 is 10.9 Å². The summed E-state index contributed by atoms with van der Waals surface area (Å²) >= 11 is 6.31. The normalized spacial score (nSPS) is 12.8. The first-order valence-corrected chi connectivity index (χ1v) is 10.8. The minimum atomic E-state index is -0.695. The number of halogens is 2. The molecule has 32 heavy (non-hydrogen) atoms. The van der Waals surface area contributed by atoms with Crippen LogP contribution in [-0.2, 0) is 4.74 Å². The van der Waals surface area contributed by atoms with Crippen LogP contribution in [0, 0.1) is 11.7 Å². The molecule has 1 heterocycles. The summed E-state index contributed by atoms with van der Waals surface area (Å²) < 4.78 is 20.8. The highest BCUT2D eigenvalue weighted by Gasteiger charge is 2.27. The third-order valence-corrected chi connectivity index (χ3v) is 4.96. The second-order valence-electron chi connectivity index (χ2n) is 9.05. The number of fused-ring (bicyclic) bond motifs is 1. The van der Waals surface area contributed by atoms with Crippen molar-refractivity contribution < 1.29 is 13.9 Å². The number of hydrogen-bond acceptors (Lipinski definition) is 4. The fourth-order valence-electron chi connectivity index (χ4n) is 3.46. The van der Waals surface area contributed by atoms with E-state index in [2.05, 4.69) is 5.32 Å². The van der Waals surface area contributed by atoms with Crippen LogP contribution in [-0.4, -0.2) is 21.2 Å². The number of nitrogens with zero attached hydrogens (tertiary/aromatic N) is 2. The van der Waals surface area contributed by atoms with Crippen molar-refractivity contribution in [3.05, 3.63) is 69.5 Å². The van der Waals surface area contributed by atoms with E-state index in [1.807, 2.05) is 13.8 Å². The molecule has 0 aliphatic rings. The Bertz CT molecular complexity index is 1200. The van der Waals surface area contributed by atoms with Gasteiger partial charge in [0, 0.05) is 0 Å². The molecule has 0 aliphatic heterocycles.